The molecule has 5 nitrogen and oxygen atoms in total. The number of benzene rings is 2. The number of anilines is 1. The summed E-state index contributed by atoms with van der Waals surface area (Å²) >= 11 is 6.68. The van der Waals surface area contributed by atoms with Gasteiger partial charge in [-0.2, -0.15) is 0 Å². The Hall–Kier alpha value is -2.77. The molecule has 132 valence electrons. The highest BCUT2D eigenvalue weighted by molar-refractivity contribution is 7.73. The molecule has 0 saturated carbocycles. The van der Waals surface area contributed by atoms with Gasteiger partial charge in [-0.25, -0.2) is 0 Å². The van der Waals surface area contributed by atoms with Gasteiger partial charge in [-0.05, 0) is 55.5 Å². The van der Waals surface area contributed by atoms with Crippen LogP contribution in [0.2, 0.25) is 0 Å². The van der Waals surface area contributed by atoms with Crippen molar-refractivity contribution in [3.8, 4) is 11.6 Å². The van der Waals surface area contributed by atoms with Gasteiger partial charge in [-0.3, -0.25) is 14.4 Å². The van der Waals surface area contributed by atoms with Crippen LogP contribution in [-0.4, -0.2) is 21.8 Å². The summed E-state index contributed by atoms with van der Waals surface area (Å²) in [6.07, 6.45) is 1.59. The minimum Gasteiger partial charge on any atom is -0.493 e. The second kappa shape index (κ2) is 7.63. The normalized spacial score (nSPS) is 11.0. The van der Waals surface area contributed by atoms with E-state index in [1.165, 1.54) is 18.3 Å². The smallest absolute Gasteiger partial charge is 0.221 e. The van der Waals surface area contributed by atoms with Crippen molar-refractivity contribution in [2.24, 2.45) is 4.99 Å². The van der Waals surface area contributed by atoms with Crippen LogP contribution in [0.1, 0.15) is 17.4 Å². The van der Waals surface area contributed by atoms with Crippen molar-refractivity contribution < 1.29 is 9.90 Å². The van der Waals surface area contributed by atoms with Crippen LogP contribution in [0.4, 0.5) is 11.4 Å². The molecule has 3 aromatic rings. The van der Waals surface area contributed by atoms with E-state index in [2.05, 4.69) is 10.3 Å². The van der Waals surface area contributed by atoms with Gasteiger partial charge in [0.2, 0.25) is 11.8 Å². The lowest BCUT2D eigenvalue weighted by atomic mass is 10.2. The fourth-order valence-electron chi connectivity index (χ4n) is 2.35. The molecule has 2 N–H and O–H groups in total. The van der Waals surface area contributed by atoms with Gasteiger partial charge in [-0.15, -0.1) is 0 Å². The summed E-state index contributed by atoms with van der Waals surface area (Å²) in [5, 5.41) is 13.2. The molecule has 7 heteroatoms. The zero-order valence-electron chi connectivity index (χ0n) is 14.3. The van der Waals surface area contributed by atoms with Gasteiger partial charge < -0.3 is 10.4 Å². The summed E-state index contributed by atoms with van der Waals surface area (Å²) in [6, 6.07) is 14.9. The summed E-state index contributed by atoms with van der Waals surface area (Å²) in [5.74, 6) is -0.0501. The molecule has 0 aliphatic carbocycles. The van der Waals surface area contributed by atoms with Crippen LogP contribution in [0.25, 0.3) is 5.69 Å². The van der Waals surface area contributed by atoms with Gasteiger partial charge in [0.15, 0.2) is 3.95 Å². The van der Waals surface area contributed by atoms with Gasteiger partial charge >= 0.3 is 0 Å². The molecular formula is C19H17N3O2S2. The number of aryl methyl sites for hydroxylation is 1. The molecule has 0 saturated heterocycles. The fourth-order valence-corrected chi connectivity index (χ4v) is 3.58. The zero-order chi connectivity index (χ0) is 18.7. The topological polar surface area (TPSA) is 66.6 Å². The number of thiazole rings is 1. The van der Waals surface area contributed by atoms with Crippen molar-refractivity contribution in [3.63, 3.8) is 0 Å². The van der Waals surface area contributed by atoms with Crippen LogP contribution < -0.4 is 5.32 Å². The Bertz CT molecular complexity index is 1020. The van der Waals surface area contributed by atoms with E-state index in [4.69, 9.17) is 12.2 Å². The Morgan fingerprint density at radius 2 is 1.85 bits per heavy atom. The maximum Gasteiger partial charge on any atom is 0.221 e. The second-order valence-electron chi connectivity index (χ2n) is 5.71. The lowest BCUT2D eigenvalue weighted by Gasteiger charge is -2.04. The van der Waals surface area contributed by atoms with Gasteiger partial charge in [0, 0.05) is 12.6 Å². The number of carbonyl (C=O) groups excluding carboxylic acids is 1. The SMILES string of the molecule is CC(=O)Nc1ccc(N=Cc2sc(=S)n(-c3ccc(C)cc3)c2O)cc1. The first-order chi connectivity index (χ1) is 12.4. The largest absolute Gasteiger partial charge is 0.493 e. The monoisotopic (exact) mass is 383 g/mol. The predicted octanol–water partition coefficient (Wildman–Crippen LogP) is 4.99. The summed E-state index contributed by atoms with van der Waals surface area (Å²) in [6.45, 7) is 3.47. The zero-order valence-corrected chi connectivity index (χ0v) is 15.9. The van der Waals surface area contributed by atoms with Gasteiger partial charge in [0.25, 0.3) is 0 Å². The van der Waals surface area contributed by atoms with E-state index in [0.717, 1.165) is 11.3 Å². The van der Waals surface area contributed by atoms with E-state index in [9.17, 15) is 9.90 Å². The van der Waals surface area contributed by atoms with Crippen molar-refractivity contribution in [3.05, 3.63) is 62.9 Å². The van der Waals surface area contributed by atoms with E-state index < -0.39 is 0 Å². The first-order valence-corrected chi connectivity index (χ1v) is 9.10. The van der Waals surface area contributed by atoms with Crippen LogP contribution >= 0.6 is 23.6 Å². The summed E-state index contributed by atoms with van der Waals surface area (Å²) in [5.41, 5.74) is 3.37. The maximum absolute atomic E-state index is 11.0. The molecule has 0 aliphatic heterocycles. The first-order valence-electron chi connectivity index (χ1n) is 7.87. The minimum absolute atomic E-state index is 0.0717. The number of hydrogen-bond donors (Lipinski definition) is 2. The van der Waals surface area contributed by atoms with Crippen molar-refractivity contribution in [1.29, 1.82) is 0 Å². The molecule has 26 heavy (non-hydrogen) atoms. The van der Waals surface area contributed by atoms with E-state index in [0.29, 0.717) is 20.2 Å². The van der Waals surface area contributed by atoms with E-state index in [1.807, 2.05) is 31.2 Å². The predicted molar refractivity (Wildman–Crippen MR) is 109 cm³/mol. The molecule has 0 fully saturated rings. The lowest BCUT2D eigenvalue weighted by molar-refractivity contribution is -0.114. The lowest BCUT2D eigenvalue weighted by Crippen LogP contribution is -2.04. The van der Waals surface area contributed by atoms with Crippen LogP contribution in [0.5, 0.6) is 5.88 Å². The van der Waals surface area contributed by atoms with Gasteiger partial charge in [0.1, 0.15) is 4.88 Å². The highest BCUT2D eigenvalue weighted by atomic mass is 32.1. The van der Waals surface area contributed by atoms with Crippen molar-refractivity contribution in [2.45, 2.75) is 13.8 Å². The van der Waals surface area contributed by atoms with E-state index >= 15 is 0 Å². The Balaban J connectivity index is 1.85. The first kappa shape index (κ1) is 18.0. The van der Waals surface area contributed by atoms with Gasteiger partial charge in [-0.1, -0.05) is 29.0 Å². The van der Waals surface area contributed by atoms with Crippen molar-refractivity contribution >= 4 is 47.1 Å². The molecule has 0 bridgehead atoms. The summed E-state index contributed by atoms with van der Waals surface area (Å²) in [4.78, 5) is 16.0. The quantitative estimate of drug-likeness (QED) is 0.493. The van der Waals surface area contributed by atoms with Crippen LogP contribution in [0.3, 0.4) is 0 Å². The number of nitrogens with zero attached hydrogens (tertiary/aromatic N) is 2. The van der Waals surface area contributed by atoms with Crippen molar-refractivity contribution in [2.75, 3.05) is 5.32 Å². The Kier molecular flexibility index (Phi) is 5.29. The Labute approximate surface area is 160 Å². The highest BCUT2D eigenvalue weighted by Crippen LogP contribution is 2.29. The molecule has 0 aliphatic rings. The number of aromatic nitrogens is 1. The van der Waals surface area contributed by atoms with E-state index in [1.54, 1.807) is 35.0 Å². The number of amides is 1. The van der Waals surface area contributed by atoms with E-state index in [-0.39, 0.29) is 11.8 Å². The third-order valence-corrected chi connectivity index (χ3v) is 4.92. The number of rotatable bonds is 4. The molecule has 0 radical (unpaired) electrons. The van der Waals surface area contributed by atoms with Crippen molar-refractivity contribution in [1.82, 2.24) is 4.57 Å². The highest BCUT2D eigenvalue weighted by Gasteiger charge is 2.11. The number of nitrogens with one attached hydrogen (secondary N) is 1. The average molecular weight is 383 g/mol. The van der Waals surface area contributed by atoms with Crippen LogP contribution in [-0.2, 0) is 4.79 Å². The summed E-state index contributed by atoms with van der Waals surface area (Å²) < 4.78 is 2.18. The van der Waals surface area contributed by atoms with Crippen LogP contribution in [0, 0.1) is 10.9 Å². The minimum atomic E-state index is -0.122. The molecule has 1 aromatic heterocycles. The van der Waals surface area contributed by atoms with Crippen LogP contribution in [0.15, 0.2) is 53.5 Å². The number of carbonyl (C=O) groups is 1. The van der Waals surface area contributed by atoms with Gasteiger partial charge in [0.05, 0.1) is 17.6 Å². The molecule has 0 unspecified atom stereocenters. The summed E-state index contributed by atoms with van der Waals surface area (Å²) in [7, 11) is 0. The molecule has 0 atom stereocenters. The molecule has 0 spiro atoms. The Morgan fingerprint density at radius 3 is 2.46 bits per heavy atom. The Morgan fingerprint density at radius 1 is 1.19 bits per heavy atom. The molecular weight excluding hydrogens is 366 g/mol. The number of aliphatic imine (C=N–C) groups is 1. The third kappa shape index (κ3) is 4.07. The molecule has 3 rings (SSSR count). The number of aromatic hydroxyl groups is 1. The second-order valence-corrected chi connectivity index (χ2v) is 7.39. The fraction of sp³-hybridized carbons (Fsp3) is 0.105. The molecule has 1 amide bonds. The third-order valence-electron chi connectivity index (χ3n) is 3.62. The number of hydrogen-bond acceptors (Lipinski definition) is 5. The molecule has 1 heterocycles. The molecule has 2 aromatic carbocycles. The standard InChI is InChI=1S/C19H17N3O2S2/c1-12-3-9-16(10-4-12)22-18(24)17(26-19(22)25)11-20-14-5-7-15(8-6-14)21-13(2)23/h3-11,24H,1-2H3,(H,21,23). The maximum atomic E-state index is 11.0. The average Bonchev–Trinajstić information content (AvgIpc) is 2.89.